The number of piperazine rings is 1. The number of nitrogens with one attached hydrogen (secondary N) is 2. The van der Waals surface area contributed by atoms with E-state index in [0.29, 0.717) is 12.1 Å². The van der Waals surface area contributed by atoms with E-state index >= 15 is 0 Å². The number of carbonyl (C=O) groups is 1. The molecule has 8 heteroatoms. The lowest BCUT2D eigenvalue weighted by Crippen LogP contribution is -2.43. The summed E-state index contributed by atoms with van der Waals surface area (Å²) >= 11 is 1.53. The highest BCUT2D eigenvalue weighted by molar-refractivity contribution is 7.18. The molecule has 4 heterocycles. The molecule has 1 saturated heterocycles. The number of anilines is 1. The average molecular weight is 368 g/mol. The van der Waals surface area contributed by atoms with Gasteiger partial charge in [-0.2, -0.15) is 0 Å². The van der Waals surface area contributed by atoms with Crippen LogP contribution in [0.25, 0.3) is 10.3 Å². The number of aromatic nitrogens is 3. The first kappa shape index (κ1) is 16.9. The number of fused-ring (bicyclic) bond motifs is 1. The van der Waals surface area contributed by atoms with Crippen LogP contribution in [0, 0.1) is 6.92 Å². The van der Waals surface area contributed by atoms with Crippen LogP contribution < -0.4 is 15.5 Å². The van der Waals surface area contributed by atoms with Crippen molar-refractivity contribution in [2.24, 2.45) is 0 Å². The van der Waals surface area contributed by atoms with Gasteiger partial charge in [0, 0.05) is 45.1 Å². The quantitative estimate of drug-likeness (QED) is 0.730. The summed E-state index contributed by atoms with van der Waals surface area (Å²) in [7, 11) is 0. The van der Waals surface area contributed by atoms with Crippen molar-refractivity contribution >= 4 is 33.4 Å². The van der Waals surface area contributed by atoms with Crippen molar-refractivity contribution < 1.29 is 4.79 Å². The molecule has 0 aromatic carbocycles. The Morgan fingerprint density at radius 2 is 2.15 bits per heavy atom. The number of aryl methyl sites for hydroxylation is 1. The molecule has 134 valence electrons. The van der Waals surface area contributed by atoms with Gasteiger partial charge in [0.15, 0.2) is 0 Å². The van der Waals surface area contributed by atoms with Gasteiger partial charge in [-0.3, -0.25) is 4.79 Å². The third-order valence-corrected chi connectivity index (χ3v) is 5.22. The zero-order chi connectivity index (χ0) is 17.9. The van der Waals surface area contributed by atoms with Crippen LogP contribution in [0.2, 0.25) is 0 Å². The molecule has 2 N–H and O–H groups in total. The average Bonchev–Trinajstić information content (AvgIpc) is 3.06. The Bertz CT molecular complexity index is 934. The summed E-state index contributed by atoms with van der Waals surface area (Å²) in [5.74, 6) is 0.810. The summed E-state index contributed by atoms with van der Waals surface area (Å²) in [4.78, 5) is 28.7. The second-order valence-electron chi connectivity index (χ2n) is 6.22. The summed E-state index contributed by atoms with van der Waals surface area (Å²) in [5.41, 5.74) is 2.32. The highest BCUT2D eigenvalue weighted by Gasteiger charge is 2.13. The smallest absolute Gasteiger partial charge is 0.253 e. The summed E-state index contributed by atoms with van der Waals surface area (Å²) in [6.07, 6.45) is 3.40. The SMILES string of the molecule is Cc1nc2cc(C(=O)NCc3ccnc(N4CCNCC4)c3)cnc2s1. The van der Waals surface area contributed by atoms with Crippen LogP contribution in [-0.2, 0) is 6.54 Å². The standard InChI is InChI=1S/C18H20N6OS/c1-12-23-15-9-14(11-22-18(15)26-12)17(25)21-10-13-2-3-20-16(8-13)24-6-4-19-5-7-24/h2-3,8-9,11,19H,4-7,10H2,1H3,(H,21,25). The van der Waals surface area contributed by atoms with Gasteiger partial charge in [-0.05, 0) is 30.7 Å². The molecular formula is C18H20N6OS. The lowest BCUT2D eigenvalue weighted by Gasteiger charge is -2.28. The number of nitrogens with zero attached hydrogens (tertiary/aromatic N) is 4. The molecule has 26 heavy (non-hydrogen) atoms. The Balaban J connectivity index is 1.43. The molecule has 3 aromatic heterocycles. The van der Waals surface area contributed by atoms with Gasteiger partial charge in [0.2, 0.25) is 0 Å². The lowest BCUT2D eigenvalue weighted by molar-refractivity contribution is 0.0950. The number of carbonyl (C=O) groups excluding carboxylic acids is 1. The van der Waals surface area contributed by atoms with Gasteiger partial charge in [-0.25, -0.2) is 15.0 Å². The van der Waals surface area contributed by atoms with Gasteiger partial charge in [0.05, 0.1) is 10.6 Å². The van der Waals surface area contributed by atoms with Gasteiger partial charge in [0.25, 0.3) is 5.91 Å². The number of hydrogen-bond acceptors (Lipinski definition) is 7. The minimum Gasteiger partial charge on any atom is -0.354 e. The summed E-state index contributed by atoms with van der Waals surface area (Å²) in [6, 6.07) is 5.76. The molecule has 1 aliphatic heterocycles. The van der Waals surface area contributed by atoms with Crippen molar-refractivity contribution in [3.05, 3.63) is 46.7 Å². The van der Waals surface area contributed by atoms with E-state index in [4.69, 9.17) is 0 Å². The Hall–Kier alpha value is -2.58. The monoisotopic (exact) mass is 368 g/mol. The minimum absolute atomic E-state index is 0.148. The molecule has 7 nitrogen and oxygen atoms in total. The van der Waals surface area contributed by atoms with E-state index in [0.717, 1.165) is 52.9 Å². The number of amides is 1. The van der Waals surface area contributed by atoms with Crippen LogP contribution >= 0.6 is 11.3 Å². The molecule has 0 saturated carbocycles. The highest BCUT2D eigenvalue weighted by Crippen LogP contribution is 2.20. The number of thiazole rings is 1. The largest absolute Gasteiger partial charge is 0.354 e. The molecule has 4 rings (SSSR count). The third kappa shape index (κ3) is 3.66. The molecule has 0 aliphatic carbocycles. The topological polar surface area (TPSA) is 83.0 Å². The van der Waals surface area contributed by atoms with Crippen LogP contribution in [0.4, 0.5) is 5.82 Å². The normalized spacial score (nSPS) is 14.6. The lowest BCUT2D eigenvalue weighted by atomic mass is 10.2. The second kappa shape index (κ2) is 7.35. The first-order chi connectivity index (χ1) is 12.7. The molecule has 0 atom stereocenters. The Kier molecular flexibility index (Phi) is 4.77. The zero-order valence-corrected chi connectivity index (χ0v) is 15.3. The molecule has 0 unspecified atom stereocenters. The van der Waals surface area contributed by atoms with Gasteiger partial charge in [-0.1, -0.05) is 11.3 Å². The van der Waals surface area contributed by atoms with Crippen LogP contribution in [0.3, 0.4) is 0 Å². The first-order valence-electron chi connectivity index (χ1n) is 8.61. The Morgan fingerprint density at radius 1 is 1.31 bits per heavy atom. The molecule has 3 aromatic rings. The van der Waals surface area contributed by atoms with Crippen LogP contribution in [-0.4, -0.2) is 47.0 Å². The highest BCUT2D eigenvalue weighted by atomic mass is 32.1. The fourth-order valence-corrected chi connectivity index (χ4v) is 3.72. The fourth-order valence-electron chi connectivity index (χ4n) is 2.98. The Morgan fingerprint density at radius 3 is 3.00 bits per heavy atom. The van der Waals surface area contributed by atoms with Gasteiger partial charge in [0.1, 0.15) is 16.2 Å². The summed E-state index contributed by atoms with van der Waals surface area (Å²) < 4.78 is 0. The number of rotatable bonds is 4. The van der Waals surface area contributed by atoms with E-state index in [9.17, 15) is 4.79 Å². The van der Waals surface area contributed by atoms with Gasteiger partial charge < -0.3 is 15.5 Å². The molecule has 1 amide bonds. The predicted molar refractivity (Wildman–Crippen MR) is 103 cm³/mol. The van der Waals surface area contributed by atoms with Crippen LogP contribution in [0.1, 0.15) is 20.9 Å². The van der Waals surface area contributed by atoms with Gasteiger partial charge in [-0.15, -0.1) is 0 Å². The van der Waals surface area contributed by atoms with Gasteiger partial charge >= 0.3 is 0 Å². The minimum atomic E-state index is -0.148. The predicted octanol–water partition coefficient (Wildman–Crippen LogP) is 1.73. The summed E-state index contributed by atoms with van der Waals surface area (Å²) in [6.45, 7) is 6.21. The van der Waals surface area contributed by atoms with E-state index < -0.39 is 0 Å². The van der Waals surface area contributed by atoms with E-state index in [2.05, 4.69) is 30.5 Å². The maximum atomic E-state index is 12.4. The molecule has 0 spiro atoms. The van der Waals surface area contributed by atoms with Crippen LogP contribution in [0.5, 0.6) is 0 Å². The Labute approximate surface area is 155 Å². The maximum Gasteiger partial charge on any atom is 0.253 e. The number of pyridine rings is 2. The van der Waals surface area contributed by atoms with E-state index in [1.165, 1.54) is 11.3 Å². The molecular weight excluding hydrogens is 348 g/mol. The summed E-state index contributed by atoms with van der Waals surface area (Å²) in [5, 5.41) is 7.24. The van der Waals surface area contributed by atoms with Crippen molar-refractivity contribution in [3.63, 3.8) is 0 Å². The fraction of sp³-hybridized carbons (Fsp3) is 0.333. The maximum absolute atomic E-state index is 12.4. The van der Waals surface area contributed by atoms with E-state index in [-0.39, 0.29) is 5.91 Å². The van der Waals surface area contributed by atoms with Crippen molar-refractivity contribution in [3.8, 4) is 0 Å². The van der Waals surface area contributed by atoms with E-state index in [1.54, 1.807) is 18.5 Å². The second-order valence-corrected chi connectivity index (χ2v) is 7.40. The van der Waals surface area contributed by atoms with Crippen molar-refractivity contribution in [2.45, 2.75) is 13.5 Å². The first-order valence-corrected chi connectivity index (χ1v) is 9.43. The van der Waals surface area contributed by atoms with Crippen molar-refractivity contribution in [2.75, 3.05) is 31.1 Å². The van der Waals surface area contributed by atoms with Crippen molar-refractivity contribution in [1.29, 1.82) is 0 Å². The third-order valence-electron chi connectivity index (χ3n) is 4.32. The van der Waals surface area contributed by atoms with Crippen molar-refractivity contribution in [1.82, 2.24) is 25.6 Å². The van der Waals surface area contributed by atoms with Crippen LogP contribution in [0.15, 0.2) is 30.6 Å². The molecule has 1 fully saturated rings. The molecule has 0 bridgehead atoms. The number of hydrogen-bond donors (Lipinski definition) is 2. The molecule has 0 radical (unpaired) electrons. The molecule has 1 aliphatic rings. The zero-order valence-electron chi connectivity index (χ0n) is 14.5. The van der Waals surface area contributed by atoms with E-state index in [1.807, 2.05) is 19.1 Å².